The lowest BCUT2D eigenvalue weighted by molar-refractivity contribution is -0.384. The molecular formula is C19H26IN5O3. The first-order valence-corrected chi connectivity index (χ1v) is 8.77. The number of aliphatic imine (C=N–C) groups is 1. The lowest BCUT2D eigenvalue weighted by atomic mass is 10.2. The van der Waals surface area contributed by atoms with Crippen LogP contribution in [0.3, 0.4) is 0 Å². The molecule has 9 heteroatoms. The standard InChI is InChI=1S/C19H25N5O3.HI/c1-3-20-19(23-14-15-8-4-7-11-18(15)27-2)22-13-12-21-16-9-5-6-10-17(16)24(25)26;/h4-11,21H,3,12-14H2,1-2H3,(H2,20,22,23);1H. The van der Waals surface area contributed by atoms with Gasteiger partial charge in [-0.1, -0.05) is 30.3 Å². The third-order valence-electron chi connectivity index (χ3n) is 3.78. The Bertz CT molecular complexity index is 786. The first-order valence-electron chi connectivity index (χ1n) is 8.77. The highest BCUT2D eigenvalue weighted by Gasteiger charge is 2.11. The maximum Gasteiger partial charge on any atom is 0.292 e. The van der Waals surface area contributed by atoms with Crippen LogP contribution < -0.4 is 20.7 Å². The van der Waals surface area contributed by atoms with Gasteiger partial charge >= 0.3 is 0 Å². The summed E-state index contributed by atoms with van der Waals surface area (Å²) in [4.78, 5) is 15.2. The van der Waals surface area contributed by atoms with Gasteiger partial charge < -0.3 is 20.7 Å². The second kappa shape index (κ2) is 12.8. The maximum atomic E-state index is 11.0. The number of halogens is 1. The van der Waals surface area contributed by atoms with Crippen LogP contribution in [0, 0.1) is 10.1 Å². The predicted octanol–water partition coefficient (Wildman–Crippen LogP) is 3.39. The minimum absolute atomic E-state index is 0. The Kier molecular flexibility index (Phi) is 10.7. The Labute approximate surface area is 181 Å². The fourth-order valence-electron chi connectivity index (χ4n) is 2.50. The topological polar surface area (TPSA) is 101 Å². The number of nitro groups is 1. The number of anilines is 1. The smallest absolute Gasteiger partial charge is 0.292 e. The summed E-state index contributed by atoms with van der Waals surface area (Å²) in [6.07, 6.45) is 0. The van der Waals surface area contributed by atoms with Crippen molar-refractivity contribution in [2.45, 2.75) is 13.5 Å². The Hall–Kier alpha value is -2.56. The second-order valence-corrected chi connectivity index (χ2v) is 5.63. The molecule has 0 radical (unpaired) electrons. The van der Waals surface area contributed by atoms with Crippen LogP contribution in [-0.4, -0.2) is 37.6 Å². The molecule has 0 aliphatic carbocycles. The van der Waals surface area contributed by atoms with Crippen LogP contribution in [0.25, 0.3) is 0 Å². The summed E-state index contributed by atoms with van der Waals surface area (Å²) in [5.74, 6) is 1.47. The zero-order valence-corrected chi connectivity index (χ0v) is 18.3. The van der Waals surface area contributed by atoms with Crippen LogP contribution in [0.5, 0.6) is 5.75 Å². The third-order valence-corrected chi connectivity index (χ3v) is 3.78. The minimum atomic E-state index is -0.394. The molecule has 0 unspecified atom stereocenters. The van der Waals surface area contributed by atoms with Crippen LogP contribution in [0.4, 0.5) is 11.4 Å². The van der Waals surface area contributed by atoms with E-state index in [-0.39, 0.29) is 29.7 Å². The number of nitrogens with zero attached hydrogens (tertiary/aromatic N) is 2. The predicted molar refractivity (Wildman–Crippen MR) is 123 cm³/mol. The van der Waals surface area contributed by atoms with Gasteiger partial charge in [0.25, 0.3) is 5.69 Å². The van der Waals surface area contributed by atoms with Gasteiger partial charge in [0.05, 0.1) is 18.6 Å². The highest BCUT2D eigenvalue weighted by molar-refractivity contribution is 14.0. The number of guanidine groups is 1. The quantitative estimate of drug-likeness (QED) is 0.122. The Morgan fingerprint density at radius 1 is 1.11 bits per heavy atom. The van der Waals surface area contributed by atoms with Gasteiger partial charge in [0, 0.05) is 31.3 Å². The zero-order valence-electron chi connectivity index (χ0n) is 16.0. The number of para-hydroxylation sites is 3. The van der Waals surface area contributed by atoms with E-state index in [1.165, 1.54) is 6.07 Å². The molecule has 0 aliphatic heterocycles. The van der Waals surface area contributed by atoms with Gasteiger partial charge in [-0.3, -0.25) is 10.1 Å². The maximum absolute atomic E-state index is 11.0. The number of hydrogen-bond acceptors (Lipinski definition) is 5. The Morgan fingerprint density at radius 3 is 2.54 bits per heavy atom. The summed E-state index contributed by atoms with van der Waals surface area (Å²) >= 11 is 0. The summed E-state index contributed by atoms with van der Waals surface area (Å²) in [6, 6.07) is 14.3. The molecule has 0 heterocycles. The molecule has 0 atom stereocenters. The van der Waals surface area contributed by atoms with Gasteiger partial charge in [-0.15, -0.1) is 24.0 Å². The molecule has 2 aromatic rings. The zero-order chi connectivity index (χ0) is 19.5. The van der Waals surface area contributed by atoms with Gasteiger partial charge in [-0.05, 0) is 19.1 Å². The van der Waals surface area contributed by atoms with E-state index in [0.717, 1.165) is 17.9 Å². The first kappa shape index (κ1) is 23.5. The number of nitro benzene ring substituents is 1. The lowest BCUT2D eigenvalue weighted by Gasteiger charge is -2.13. The second-order valence-electron chi connectivity index (χ2n) is 5.63. The van der Waals surface area contributed by atoms with Crippen LogP contribution in [0.1, 0.15) is 12.5 Å². The molecule has 0 saturated carbocycles. The van der Waals surface area contributed by atoms with E-state index in [1.807, 2.05) is 31.2 Å². The normalized spacial score (nSPS) is 10.6. The van der Waals surface area contributed by atoms with Gasteiger partial charge in [0.15, 0.2) is 5.96 Å². The summed E-state index contributed by atoms with van der Waals surface area (Å²) in [7, 11) is 1.64. The fraction of sp³-hybridized carbons (Fsp3) is 0.316. The monoisotopic (exact) mass is 499 g/mol. The minimum Gasteiger partial charge on any atom is -0.496 e. The fourth-order valence-corrected chi connectivity index (χ4v) is 2.50. The van der Waals surface area contributed by atoms with Crippen LogP contribution in [0.2, 0.25) is 0 Å². The molecule has 0 amide bonds. The molecule has 2 aromatic carbocycles. The Morgan fingerprint density at radius 2 is 1.82 bits per heavy atom. The van der Waals surface area contributed by atoms with E-state index in [9.17, 15) is 10.1 Å². The van der Waals surface area contributed by atoms with Gasteiger partial charge in [-0.25, -0.2) is 4.99 Å². The van der Waals surface area contributed by atoms with Crippen molar-refractivity contribution < 1.29 is 9.66 Å². The number of benzene rings is 2. The van der Waals surface area contributed by atoms with Crippen LogP contribution in [-0.2, 0) is 6.54 Å². The van der Waals surface area contributed by atoms with Crippen molar-refractivity contribution in [1.29, 1.82) is 0 Å². The van der Waals surface area contributed by atoms with E-state index in [2.05, 4.69) is 20.9 Å². The number of methoxy groups -OCH3 is 1. The molecule has 28 heavy (non-hydrogen) atoms. The SMILES string of the molecule is CCNC(=NCc1ccccc1OC)NCCNc1ccccc1[N+](=O)[O-].I. The molecule has 3 N–H and O–H groups in total. The number of nitrogens with one attached hydrogen (secondary N) is 3. The van der Waals surface area contributed by atoms with Crippen molar-refractivity contribution >= 4 is 41.3 Å². The van der Waals surface area contributed by atoms with Crippen molar-refractivity contribution in [2.75, 3.05) is 32.1 Å². The third kappa shape index (κ3) is 7.22. The van der Waals surface area contributed by atoms with E-state index in [1.54, 1.807) is 25.3 Å². The van der Waals surface area contributed by atoms with Gasteiger partial charge in [0.2, 0.25) is 0 Å². The molecule has 2 rings (SSSR count). The van der Waals surface area contributed by atoms with Crippen molar-refractivity contribution in [3.63, 3.8) is 0 Å². The van der Waals surface area contributed by atoms with Gasteiger partial charge in [0.1, 0.15) is 11.4 Å². The van der Waals surface area contributed by atoms with Crippen LogP contribution >= 0.6 is 24.0 Å². The average Bonchev–Trinajstić information content (AvgIpc) is 2.69. The van der Waals surface area contributed by atoms with Crippen LogP contribution in [0.15, 0.2) is 53.5 Å². The van der Waals surface area contributed by atoms with Crippen molar-refractivity contribution in [1.82, 2.24) is 10.6 Å². The Balaban J connectivity index is 0.00000392. The van der Waals surface area contributed by atoms with Crippen molar-refractivity contribution in [3.8, 4) is 5.75 Å². The van der Waals surface area contributed by atoms with Crippen molar-refractivity contribution in [2.24, 2.45) is 4.99 Å². The summed E-state index contributed by atoms with van der Waals surface area (Å²) < 4.78 is 5.34. The van der Waals surface area contributed by atoms with E-state index in [4.69, 9.17) is 4.74 Å². The lowest BCUT2D eigenvalue weighted by Crippen LogP contribution is -2.39. The molecule has 0 saturated heterocycles. The number of hydrogen-bond donors (Lipinski definition) is 3. The number of ether oxygens (including phenoxy) is 1. The molecule has 152 valence electrons. The van der Waals surface area contributed by atoms with Gasteiger partial charge in [-0.2, -0.15) is 0 Å². The molecular weight excluding hydrogens is 473 g/mol. The average molecular weight is 499 g/mol. The number of rotatable bonds is 9. The highest BCUT2D eigenvalue weighted by atomic mass is 127. The molecule has 8 nitrogen and oxygen atoms in total. The summed E-state index contributed by atoms with van der Waals surface area (Å²) in [5.41, 5.74) is 1.56. The van der Waals surface area contributed by atoms with E-state index >= 15 is 0 Å². The van der Waals surface area contributed by atoms with E-state index in [0.29, 0.717) is 31.3 Å². The largest absolute Gasteiger partial charge is 0.496 e. The molecule has 0 spiro atoms. The van der Waals surface area contributed by atoms with Crippen molar-refractivity contribution in [3.05, 3.63) is 64.2 Å². The summed E-state index contributed by atoms with van der Waals surface area (Å²) in [6.45, 7) is 4.28. The summed E-state index contributed by atoms with van der Waals surface area (Å²) in [5, 5.41) is 20.5. The molecule has 0 fully saturated rings. The molecule has 0 aromatic heterocycles. The highest BCUT2D eigenvalue weighted by Crippen LogP contribution is 2.22. The molecule has 0 aliphatic rings. The van der Waals surface area contributed by atoms with E-state index < -0.39 is 4.92 Å². The molecule has 0 bridgehead atoms. The first-order chi connectivity index (χ1) is 13.2.